The van der Waals surface area contributed by atoms with E-state index in [9.17, 15) is 9.90 Å². The molecule has 4 heteroatoms. The molecule has 0 rings (SSSR count). The Bertz CT molecular complexity index is 248. The normalized spacial score (nSPS) is 15.1. The molecule has 2 atom stereocenters. The molecule has 114 valence electrons. The quantitative estimate of drug-likeness (QED) is 0.377. The first-order valence-electron chi connectivity index (χ1n) is 7.41. The number of rotatable bonds is 10. The van der Waals surface area contributed by atoms with Crippen LogP contribution in [0.25, 0.3) is 0 Å². The first kappa shape index (κ1) is 18.4. The highest BCUT2D eigenvalue weighted by Gasteiger charge is 2.19. The largest absolute Gasteiger partial charge is 0.462 e. The predicted octanol–water partition coefficient (Wildman–Crippen LogP) is 2.20. The van der Waals surface area contributed by atoms with Crippen LogP contribution in [-0.2, 0) is 9.53 Å². The van der Waals surface area contributed by atoms with Crippen LogP contribution in [0, 0.1) is 5.92 Å². The third-order valence-corrected chi connectivity index (χ3v) is 3.07. The molecule has 2 unspecified atom stereocenters. The van der Waals surface area contributed by atoms with E-state index in [0.717, 1.165) is 12.8 Å². The Morgan fingerprint density at radius 2 is 1.84 bits per heavy atom. The van der Waals surface area contributed by atoms with E-state index < -0.39 is 6.10 Å². The summed E-state index contributed by atoms with van der Waals surface area (Å²) in [6, 6.07) is 0. The van der Waals surface area contributed by atoms with Crippen LogP contribution in [0.3, 0.4) is 0 Å². The number of carbonyl (C=O) groups excluding carboxylic acids is 1. The average Bonchev–Trinajstić information content (AvgIpc) is 2.29. The Morgan fingerprint density at radius 3 is 2.37 bits per heavy atom. The van der Waals surface area contributed by atoms with Gasteiger partial charge in [0.25, 0.3) is 0 Å². The molecular formula is C15H32NO3+. The number of unbranched alkanes of at least 4 members (excludes halogenated alkanes) is 3. The van der Waals surface area contributed by atoms with Gasteiger partial charge in [0.05, 0.1) is 27.1 Å². The number of esters is 1. The number of aliphatic hydroxyl groups is 1. The maximum absolute atomic E-state index is 11.7. The van der Waals surface area contributed by atoms with Crippen molar-refractivity contribution in [3.8, 4) is 0 Å². The van der Waals surface area contributed by atoms with Gasteiger partial charge in [0.15, 0.2) is 0 Å². The standard InChI is InChI=1S/C15H32NO3/c1-6-7-8-9-10-13(2)15(18)19-12-14(17)11-16(3,4)5/h13-14,17H,6-12H2,1-5H3/q+1. The average molecular weight is 274 g/mol. The number of quaternary nitrogens is 1. The molecule has 0 saturated heterocycles. The second-order valence-electron chi connectivity index (χ2n) is 6.51. The number of hydrogen-bond donors (Lipinski definition) is 1. The molecule has 0 bridgehead atoms. The van der Waals surface area contributed by atoms with Crippen LogP contribution >= 0.6 is 0 Å². The molecule has 0 aromatic heterocycles. The van der Waals surface area contributed by atoms with Crippen molar-refractivity contribution in [3.63, 3.8) is 0 Å². The Balaban J connectivity index is 3.78. The first-order valence-corrected chi connectivity index (χ1v) is 7.41. The third-order valence-electron chi connectivity index (χ3n) is 3.07. The fraction of sp³-hybridized carbons (Fsp3) is 0.933. The summed E-state index contributed by atoms with van der Waals surface area (Å²) in [5, 5.41) is 9.77. The minimum Gasteiger partial charge on any atom is -0.462 e. The van der Waals surface area contributed by atoms with Gasteiger partial charge in [0.2, 0.25) is 0 Å². The lowest BCUT2D eigenvalue weighted by molar-refractivity contribution is -0.873. The van der Waals surface area contributed by atoms with E-state index in [2.05, 4.69) is 6.92 Å². The number of ether oxygens (including phenoxy) is 1. The van der Waals surface area contributed by atoms with Crippen molar-refractivity contribution in [2.24, 2.45) is 5.92 Å². The fourth-order valence-electron chi connectivity index (χ4n) is 2.00. The zero-order chi connectivity index (χ0) is 14.9. The summed E-state index contributed by atoms with van der Waals surface area (Å²) >= 11 is 0. The van der Waals surface area contributed by atoms with Crippen molar-refractivity contribution in [3.05, 3.63) is 0 Å². The Hall–Kier alpha value is -0.610. The lowest BCUT2D eigenvalue weighted by atomic mass is 10.0. The molecule has 4 nitrogen and oxygen atoms in total. The highest BCUT2D eigenvalue weighted by molar-refractivity contribution is 5.71. The summed E-state index contributed by atoms with van der Waals surface area (Å²) < 4.78 is 5.83. The van der Waals surface area contributed by atoms with Gasteiger partial charge in [-0.15, -0.1) is 0 Å². The van der Waals surface area contributed by atoms with Crippen molar-refractivity contribution >= 4 is 5.97 Å². The number of hydrogen-bond acceptors (Lipinski definition) is 3. The molecule has 0 heterocycles. The van der Waals surface area contributed by atoms with Crippen molar-refractivity contribution in [2.45, 2.75) is 52.1 Å². The molecule has 0 fully saturated rings. The van der Waals surface area contributed by atoms with Crippen molar-refractivity contribution < 1.29 is 19.1 Å². The number of likely N-dealkylation sites (N-methyl/N-ethyl adjacent to an activating group) is 1. The summed E-state index contributed by atoms with van der Waals surface area (Å²) in [4.78, 5) is 11.7. The van der Waals surface area contributed by atoms with E-state index in [4.69, 9.17) is 4.74 Å². The van der Waals surface area contributed by atoms with Crippen molar-refractivity contribution in [1.82, 2.24) is 0 Å². The summed E-state index contributed by atoms with van der Waals surface area (Å²) in [6.07, 6.45) is 4.98. The van der Waals surface area contributed by atoms with E-state index in [1.807, 2.05) is 28.1 Å². The molecule has 0 aliphatic carbocycles. The number of nitrogens with zero attached hydrogens (tertiary/aromatic N) is 1. The smallest absolute Gasteiger partial charge is 0.308 e. The minimum atomic E-state index is -0.587. The molecule has 19 heavy (non-hydrogen) atoms. The highest BCUT2D eigenvalue weighted by Crippen LogP contribution is 2.12. The fourth-order valence-corrected chi connectivity index (χ4v) is 2.00. The van der Waals surface area contributed by atoms with E-state index in [1.165, 1.54) is 19.3 Å². The van der Waals surface area contributed by atoms with E-state index in [1.54, 1.807) is 0 Å². The van der Waals surface area contributed by atoms with E-state index >= 15 is 0 Å². The van der Waals surface area contributed by atoms with Crippen LogP contribution < -0.4 is 0 Å². The summed E-state index contributed by atoms with van der Waals surface area (Å²) in [7, 11) is 6.00. The predicted molar refractivity (Wildman–Crippen MR) is 77.8 cm³/mol. The maximum atomic E-state index is 11.7. The van der Waals surface area contributed by atoms with Crippen LogP contribution in [0.4, 0.5) is 0 Å². The maximum Gasteiger partial charge on any atom is 0.308 e. The lowest BCUT2D eigenvalue weighted by Crippen LogP contribution is -2.43. The van der Waals surface area contributed by atoms with Gasteiger partial charge in [0, 0.05) is 0 Å². The first-order chi connectivity index (χ1) is 8.76. The summed E-state index contributed by atoms with van der Waals surface area (Å²) in [6.45, 7) is 4.76. The van der Waals surface area contributed by atoms with Crippen molar-refractivity contribution in [2.75, 3.05) is 34.3 Å². The van der Waals surface area contributed by atoms with Crippen LogP contribution in [-0.4, -0.2) is 56.0 Å². The molecule has 1 N–H and O–H groups in total. The molecule has 0 radical (unpaired) electrons. The molecule has 0 amide bonds. The topological polar surface area (TPSA) is 46.5 Å². The number of aliphatic hydroxyl groups excluding tert-OH is 1. The van der Waals surface area contributed by atoms with Crippen LogP contribution in [0.5, 0.6) is 0 Å². The lowest BCUT2D eigenvalue weighted by Gasteiger charge is -2.26. The van der Waals surface area contributed by atoms with E-state index in [0.29, 0.717) is 11.0 Å². The van der Waals surface area contributed by atoms with Gasteiger partial charge in [-0.25, -0.2) is 0 Å². The van der Waals surface area contributed by atoms with Gasteiger partial charge in [-0.2, -0.15) is 0 Å². The molecule has 0 aliphatic rings. The second kappa shape index (κ2) is 9.32. The molecule has 0 saturated carbocycles. The Morgan fingerprint density at radius 1 is 1.21 bits per heavy atom. The highest BCUT2D eigenvalue weighted by atomic mass is 16.5. The van der Waals surface area contributed by atoms with Gasteiger partial charge in [0.1, 0.15) is 19.3 Å². The van der Waals surface area contributed by atoms with Gasteiger partial charge in [-0.3, -0.25) is 4.79 Å². The Kier molecular flexibility index (Phi) is 9.02. The van der Waals surface area contributed by atoms with Gasteiger partial charge >= 0.3 is 5.97 Å². The van der Waals surface area contributed by atoms with Gasteiger partial charge in [-0.05, 0) is 6.42 Å². The van der Waals surface area contributed by atoms with Crippen molar-refractivity contribution in [1.29, 1.82) is 0 Å². The number of carbonyl (C=O) groups is 1. The van der Waals surface area contributed by atoms with Crippen LogP contribution in [0.1, 0.15) is 46.0 Å². The van der Waals surface area contributed by atoms with E-state index in [-0.39, 0.29) is 18.5 Å². The monoisotopic (exact) mass is 274 g/mol. The Labute approximate surface area is 118 Å². The third kappa shape index (κ3) is 11.0. The van der Waals surface area contributed by atoms with Gasteiger partial charge in [-0.1, -0.05) is 39.5 Å². The molecular weight excluding hydrogens is 242 g/mol. The second-order valence-corrected chi connectivity index (χ2v) is 6.51. The van der Waals surface area contributed by atoms with Gasteiger partial charge < -0.3 is 14.3 Å². The summed E-state index contributed by atoms with van der Waals surface area (Å²) in [5.74, 6) is -0.245. The molecule has 0 spiro atoms. The van der Waals surface area contributed by atoms with Crippen LogP contribution in [0.15, 0.2) is 0 Å². The SMILES string of the molecule is CCCCCCC(C)C(=O)OCC(O)C[N+](C)(C)C. The van der Waals surface area contributed by atoms with Crippen LogP contribution in [0.2, 0.25) is 0 Å². The molecule has 0 aromatic rings. The molecule has 0 aromatic carbocycles. The zero-order valence-corrected chi connectivity index (χ0v) is 13.3. The molecule has 0 aliphatic heterocycles. The zero-order valence-electron chi connectivity index (χ0n) is 13.3. The minimum absolute atomic E-state index is 0.0619. The summed E-state index contributed by atoms with van der Waals surface area (Å²) in [5.41, 5.74) is 0.